The highest BCUT2D eigenvalue weighted by Crippen LogP contribution is 2.18. The smallest absolute Gasteiger partial charge is 0.224 e. The number of aromatic nitrogens is 2. The summed E-state index contributed by atoms with van der Waals surface area (Å²) in [6, 6.07) is 0. The predicted molar refractivity (Wildman–Crippen MR) is 84.3 cm³/mol. The van der Waals surface area contributed by atoms with Gasteiger partial charge in [-0.05, 0) is 25.8 Å². The normalized spacial score (nSPS) is 19.1. The van der Waals surface area contributed by atoms with Crippen LogP contribution in [0.1, 0.15) is 12.0 Å². The van der Waals surface area contributed by atoms with Gasteiger partial charge in [0.1, 0.15) is 5.82 Å². The van der Waals surface area contributed by atoms with Gasteiger partial charge in [-0.25, -0.2) is 4.98 Å². The van der Waals surface area contributed by atoms with Crippen molar-refractivity contribution in [2.75, 3.05) is 50.5 Å². The minimum absolute atomic E-state index is 0.669. The van der Waals surface area contributed by atoms with Crippen molar-refractivity contribution in [3.8, 4) is 0 Å². The molecule has 1 fully saturated rings. The Labute approximate surface area is 121 Å². The van der Waals surface area contributed by atoms with Crippen molar-refractivity contribution in [1.29, 1.82) is 0 Å². The van der Waals surface area contributed by atoms with E-state index in [-0.39, 0.29) is 0 Å². The summed E-state index contributed by atoms with van der Waals surface area (Å²) in [6.07, 6.45) is 5.08. The highest BCUT2D eigenvalue weighted by molar-refractivity contribution is 5.47. The van der Waals surface area contributed by atoms with E-state index in [9.17, 15) is 0 Å². The van der Waals surface area contributed by atoms with Gasteiger partial charge >= 0.3 is 0 Å². The third-order valence-electron chi connectivity index (χ3n) is 3.67. The van der Waals surface area contributed by atoms with E-state index in [0.717, 1.165) is 43.5 Å². The number of nitrogens with one attached hydrogen (secondary N) is 1. The zero-order valence-corrected chi connectivity index (χ0v) is 12.8. The molecule has 0 saturated carbocycles. The lowest BCUT2D eigenvalue weighted by Crippen LogP contribution is -2.23. The van der Waals surface area contributed by atoms with Crippen LogP contribution in [0.2, 0.25) is 0 Å². The third-order valence-corrected chi connectivity index (χ3v) is 3.67. The van der Waals surface area contributed by atoms with Crippen LogP contribution in [0.4, 0.5) is 11.8 Å². The quantitative estimate of drug-likeness (QED) is 0.802. The maximum absolute atomic E-state index is 4.56. The third kappa shape index (κ3) is 3.70. The summed E-state index contributed by atoms with van der Waals surface area (Å²) in [6.45, 7) is 10.0. The van der Waals surface area contributed by atoms with Gasteiger partial charge in [0.2, 0.25) is 5.95 Å². The van der Waals surface area contributed by atoms with Gasteiger partial charge in [-0.1, -0.05) is 6.08 Å². The molecule has 1 aromatic rings. The van der Waals surface area contributed by atoms with Gasteiger partial charge < -0.3 is 10.2 Å². The lowest BCUT2D eigenvalue weighted by molar-refractivity contribution is 0.362. The van der Waals surface area contributed by atoms with Gasteiger partial charge in [-0.15, -0.1) is 6.58 Å². The molecule has 2 heterocycles. The van der Waals surface area contributed by atoms with E-state index in [0.29, 0.717) is 5.92 Å². The number of likely N-dealkylation sites (tertiary alicyclic amines) is 1. The molecule has 0 aromatic carbocycles. The molecule has 1 aliphatic rings. The number of hydrogen-bond donors (Lipinski definition) is 1. The molecule has 0 unspecified atom stereocenters. The Morgan fingerprint density at radius 2 is 2.35 bits per heavy atom. The molecular formula is C15H25N5. The zero-order chi connectivity index (χ0) is 14.5. The highest BCUT2D eigenvalue weighted by atomic mass is 15.2. The van der Waals surface area contributed by atoms with Gasteiger partial charge in [0.15, 0.2) is 0 Å². The van der Waals surface area contributed by atoms with Crippen LogP contribution in [0.25, 0.3) is 0 Å². The van der Waals surface area contributed by atoms with E-state index in [2.05, 4.69) is 26.8 Å². The molecule has 20 heavy (non-hydrogen) atoms. The van der Waals surface area contributed by atoms with Crippen LogP contribution in [0.15, 0.2) is 18.9 Å². The average Bonchev–Trinajstić information content (AvgIpc) is 2.86. The molecule has 1 aromatic heterocycles. The number of hydrogen-bond acceptors (Lipinski definition) is 5. The van der Waals surface area contributed by atoms with Crippen LogP contribution in [-0.4, -0.2) is 55.1 Å². The van der Waals surface area contributed by atoms with Gasteiger partial charge in [-0.2, -0.15) is 4.98 Å². The van der Waals surface area contributed by atoms with Crippen molar-refractivity contribution in [1.82, 2.24) is 14.9 Å². The van der Waals surface area contributed by atoms with Crippen molar-refractivity contribution in [3.63, 3.8) is 0 Å². The molecule has 0 amide bonds. The van der Waals surface area contributed by atoms with E-state index in [4.69, 9.17) is 0 Å². The van der Waals surface area contributed by atoms with Crippen LogP contribution in [-0.2, 0) is 0 Å². The van der Waals surface area contributed by atoms with Crippen LogP contribution in [0.3, 0.4) is 0 Å². The van der Waals surface area contributed by atoms with Crippen molar-refractivity contribution >= 4 is 11.8 Å². The lowest BCUT2D eigenvalue weighted by atomic mass is 10.1. The first-order valence-electron chi connectivity index (χ1n) is 7.18. The molecule has 5 nitrogen and oxygen atoms in total. The number of anilines is 2. The van der Waals surface area contributed by atoms with Crippen molar-refractivity contribution < 1.29 is 0 Å². The number of rotatable bonds is 6. The largest absolute Gasteiger partial charge is 0.362 e. The van der Waals surface area contributed by atoms with Gasteiger partial charge in [0, 0.05) is 45.5 Å². The molecule has 0 spiro atoms. The summed E-state index contributed by atoms with van der Waals surface area (Å²) in [5, 5.41) is 3.37. The molecule has 2 rings (SSSR count). The maximum Gasteiger partial charge on any atom is 0.224 e. The Kier molecular flexibility index (Phi) is 4.95. The van der Waals surface area contributed by atoms with Crippen LogP contribution >= 0.6 is 0 Å². The van der Waals surface area contributed by atoms with Gasteiger partial charge in [0.25, 0.3) is 0 Å². The average molecular weight is 275 g/mol. The SMILES string of the molecule is C=CCN1CC[C@@H](CNc2ncc(C)c(N(C)C)n2)C1. The second-order valence-corrected chi connectivity index (χ2v) is 5.68. The van der Waals surface area contributed by atoms with E-state index in [1.165, 1.54) is 6.42 Å². The van der Waals surface area contributed by atoms with Gasteiger partial charge in [0.05, 0.1) is 0 Å². The summed E-state index contributed by atoms with van der Waals surface area (Å²) in [5.74, 6) is 2.37. The van der Waals surface area contributed by atoms with Crippen molar-refractivity contribution in [2.24, 2.45) is 5.92 Å². The van der Waals surface area contributed by atoms with E-state index >= 15 is 0 Å². The summed E-state index contributed by atoms with van der Waals surface area (Å²) in [7, 11) is 4.01. The molecular weight excluding hydrogens is 250 g/mol. The molecule has 110 valence electrons. The van der Waals surface area contributed by atoms with Crippen LogP contribution in [0.5, 0.6) is 0 Å². The molecule has 5 heteroatoms. The fraction of sp³-hybridized carbons (Fsp3) is 0.600. The minimum Gasteiger partial charge on any atom is -0.362 e. The minimum atomic E-state index is 0.669. The van der Waals surface area contributed by atoms with Crippen LogP contribution in [0, 0.1) is 12.8 Å². The van der Waals surface area contributed by atoms with E-state index < -0.39 is 0 Å². The number of nitrogens with zero attached hydrogens (tertiary/aromatic N) is 4. The molecule has 1 aliphatic heterocycles. The second-order valence-electron chi connectivity index (χ2n) is 5.68. The van der Waals surface area contributed by atoms with Crippen molar-refractivity contribution in [3.05, 3.63) is 24.4 Å². The molecule has 1 atom stereocenters. The van der Waals surface area contributed by atoms with Gasteiger partial charge in [-0.3, -0.25) is 4.90 Å². The molecule has 1 saturated heterocycles. The summed E-state index contributed by atoms with van der Waals surface area (Å²) >= 11 is 0. The van der Waals surface area contributed by atoms with E-state index in [1.54, 1.807) is 0 Å². The van der Waals surface area contributed by atoms with E-state index in [1.807, 2.05) is 38.2 Å². The Balaban J connectivity index is 1.88. The topological polar surface area (TPSA) is 44.3 Å². The predicted octanol–water partition coefficient (Wildman–Crippen LogP) is 1.77. The Hall–Kier alpha value is -1.62. The molecule has 0 bridgehead atoms. The Morgan fingerprint density at radius 3 is 3.05 bits per heavy atom. The fourth-order valence-corrected chi connectivity index (χ4v) is 2.63. The first kappa shape index (κ1) is 14.8. The molecule has 0 radical (unpaired) electrons. The Bertz CT molecular complexity index is 458. The van der Waals surface area contributed by atoms with Crippen LogP contribution < -0.4 is 10.2 Å². The van der Waals surface area contributed by atoms with Crippen molar-refractivity contribution in [2.45, 2.75) is 13.3 Å². The summed E-state index contributed by atoms with van der Waals surface area (Å²) in [4.78, 5) is 13.4. The lowest BCUT2D eigenvalue weighted by Gasteiger charge is -2.17. The monoisotopic (exact) mass is 275 g/mol. The number of aryl methyl sites for hydroxylation is 1. The second kappa shape index (κ2) is 6.70. The molecule has 0 aliphatic carbocycles. The maximum atomic E-state index is 4.56. The Morgan fingerprint density at radius 1 is 1.55 bits per heavy atom. The first-order chi connectivity index (χ1) is 9.60. The summed E-state index contributed by atoms with van der Waals surface area (Å²) in [5.41, 5.74) is 1.10. The standard InChI is InChI=1S/C15H25N5/c1-5-7-20-8-6-13(11-20)10-17-15-16-9-12(2)14(18-15)19(3)4/h5,9,13H,1,6-8,10-11H2,2-4H3,(H,16,17,18)/t13-/m0/s1. The summed E-state index contributed by atoms with van der Waals surface area (Å²) < 4.78 is 0. The fourth-order valence-electron chi connectivity index (χ4n) is 2.63. The molecule has 1 N–H and O–H groups in total. The first-order valence-corrected chi connectivity index (χ1v) is 7.18. The zero-order valence-electron chi connectivity index (χ0n) is 12.8. The highest BCUT2D eigenvalue weighted by Gasteiger charge is 2.21.